The highest BCUT2D eigenvalue weighted by atomic mass is 16.5. The van der Waals surface area contributed by atoms with E-state index in [0.29, 0.717) is 11.5 Å². The summed E-state index contributed by atoms with van der Waals surface area (Å²) in [5.41, 5.74) is 6.29. The normalized spacial score (nSPS) is 11.3. The van der Waals surface area contributed by atoms with Gasteiger partial charge in [-0.2, -0.15) is 0 Å². The number of ether oxygens (including phenoxy) is 3. The standard InChI is InChI=1S/C19H22N2O5/c1-12(15-10-13(24-2)8-9-16(15)25-3)21-18(22)11-26-17-7-5-4-6-14(17)19(20)23/h4-10,12H,11H2,1-3H3,(H2,20,23)(H,21,22)/t12-/m1/s1. The van der Waals surface area contributed by atoms with E-state index in [-0.39, 0.29) is 29.9 Å². The maximum absolute atomic E-state index is 12.2. The number of carbonyl (C=O) groups is 2. The molecule has 0 fully saturated rings. The average Bonchev–Trinajstić information content (AvgIpc) is 2.65. The molecule has 2 aromatic carbocycles. The molecule has 1 atom stereocenters. The summed E-state index contributed by atoms with van der Waals surface area (Å²) in [5.74, 6) is 0.603. The Labute approximate surface area is 152 Å². The predicted molar refractivity (Wildman–Crippen MR) is 96.6 cm³/mol. The number of primary amides is 1. The van der Waals surface area contributed by atoms with Crippen LogP contribution in [0, 0.1) is 0 Å². The first-order chi connectivity index (χ1) is 12.5. The number of rotatable bonds is 8. The number of hydrogen-bond donors (Lipinski definition) is 2. The zero-order chi connectivity index (χ0) is 19.1. The lowest BCUT2D eigenvalue weighted by atomic mass is 10.1. The number of para-hydroxylation sites is 1. The first-order valence-electron chi connectivity index (χ1n) is 7.99. The zero-order valence-corrected chi connectivity index (χ0v) is 14.9. The molecule has 0 saturated heterocycles. The zero-order valence-electron chi connectivity index (χ0n) is 14.9. The molecule has 0 bridgehead atoms. The minimum atomic E-state index is -0.615. The minimum absolute atomic E-state index is 0.225. The van der Waals surface area contributed by atoms with Gasteiger partial charge in [0.1, 0.15) is 17.2 Å². The third kappa shape index (κ3) is 4.66. The van der Waals surface area contributed by atoms with E-state index in [9.17, 15) is 9.59 Å². The Morgan fingerprint density at radius 2 is 1.81 bits per heavy atom. The van der Waals surface area contributed by atoms with E-state index in [0.717, 1.165) is 5.56 Å². The van der Waals surface area contributed by atoms with E-state index in [4.69, 9.17) is 19.9 Å². The molecular formula is C19H22N2O5. The van der Waals surface area contributed by atoms with Crippen LogP contribution < -0.4 is 25.3 Å². The van der Waals surface area contributed by atoms with Gasteiger partial charge in [0, 0.05) is 5.56 Å². The Balaban J connectivity index is 2.03. The summed E-state index contributed by atoms with van der Waals surface area (Å²) < 4.78 is 16.0. The van der Waals surface area contributed by atoms with Gasteiger partial charge >= 0.3 is 0 Å². The van der Waals surface area contributed by atoms with Crippen LogP contribution in [0.25, 0.3) is 0 Å². The molecule has 7 nitrogen and oxygen atoms in total. The Morgan fingerprint density at radius 1 is 1.08 bits per heavy atom. The van der Waals surface area contributed by atoms with Crippen molar-refractivity contribution < 1.29 is 23.8 Å². The molecule has 0 aromatic heterocycles. The highest BCUT2D eigenvalue weighted by Gasteiger charge is 2.16. The van der Waals surface area contributed by atoms with E-state index in [1.54, 1.807) is 56.7 Å². The van der Waals surface area contributed by atoms with Crippen LogP contribution in [0.2, 0.25) is 0 Å². The fourth-order valence-electron chi connectivity index (χ4n) is 2.48. The first kappa shape index (κ1) is 19.1. The first-order valence-corrected chi connectivity index (χ1v) is 7.99. The smallest absolute Gasteiger partial charge is 0.258 e. The number of hydrogen-bond acceptors (Lipinski definition) is 5. The van der Waals surface area contributed by atoms with Gasteiger partial charge in [-0.05, 0) is 37.3 Å². The largest absolute Gasteiger partial charge is 0.497 e. The summed E-state index contributed by atoms with van der Waals surface area (Å²) in [7, 11) is 3.13. The second-order valence-electron chi connectivity index (χ2n) is 5.55. The lowest BCUT2D eigenvalue weighted by Gasteiger charge is -2.18. The van der Waals surface area contributed by atoms with Gasteiger partial charge in [-0.1, -0.05) is 12.1 Å². The van der Waals surface area contributed by atoms with E-state index in [1.165, 1.54) is 0 Å². The molecule has 2 rings (SSSR count). The van der Waals surface area contributed by atoms with E-state index in [1.807, 2.05) is 6.92 Å². The van der Waals surface area contributed by atoms with Crippen molar-refractivity contribution in [2.24, 2.45) is 5.73 Å². The van der Waals surface area contributed by atoms with Crippen molar-refractivity contribution in [3.63, 3.8) is 0 Å². The van der Waals surface area contributed by atoms with Gasteiger partial charge < -0.3 is 25.3 Å². The molecule has 2 aromatic rings. The SMILES string of the molecule is COc1ccc(OC)c([C@@H](C)NC(=O)COc2ccccc2C(N)=O)c1. The monoisotopic (exact) mass is 358 g/mol. The molecule has 2 amide bonds. The van der Waals surface area contributed by atoms with E-state index in [2.05, 4.69) is 5.32 Å². The fourth-order valence-corrected chi connectivity index (χ4v) is 2.48. The maximum atomic E-state index is 12.2. The summed E-state index contributed by atoms with van der Waals surface area (Å²) in [6.45, 7) is 1.58. The molecule has 138 valence electrons. The maximum Gasteiger partial charge on any atom is 0.258 e. The molecule has 0 radical (unpaired) electrons. The quantitative estimate of drug-likeness (QED) is 0.752. The van der Waals surface area contributed by atoms with E-state index < -0.39 is 5.91 Å². The second kappa shape index (κ2) is 8.75. The molecule has 0 spiro atoms. The molecule has 3 N–H and O–H groups in total. The third-order valence-electron chi connectivity index (χ3n) is 3.79. The van der Waals surface area contributed by atoms with Crippen molar-refractivity contribution in [2.45, 2.75) is 13.0 Å². The second-order valence-corrected chi connectivity index (χ2v) is 5.55. The number of nitrogens with one attached hydrogen (secondary N) is 1. The lowest BCUT2D eigenvalue weighted by molar-refractivity contribution is -0.123. The van der Waals surface area contributed by atoms with Crippen LogP contribution in [0.4, 0.5) is 0 Å². The van der Waals surface area contributed by atoms with Crippen molar-refractivity contribution in [3.05, 3.63) is 53.6 Å². The Morgan fingerprint density at radius 3 is 2.46 bits per heavy atom. The van der Waals surface area contributed by atoms with Crippen LogP contribution in [0.15, 0.2) is 42.5 Å². The number of carbonyl (C=O) groups excluding carboxylic acids is 2. The summed E-state index contributed by atoms with van der Waals surface area (Å²) >= 11 is 0. The summed E-state index contributed by atoms with van der Waals surface area (Å²) in [4.78, 5) is 23.6. The number of nitrogens with two attached hydrogens (primary N) is 1. The highest BCUT2D eigenvalue weighted by molar-refractivity contribution is 5.95. The molecule has 0 saturated carbocycles. The summed E-state index contributed by atoms with van der Waals surface area (Å²) in [6, 6.07) is 11.5. The van der Waals surface area contributed by atoms with Crippen molar-refractivity contribution in [1.82, 2.24) is 5.32 Å². The molecule has 7 heteroatoms. The number of amides is 2. The van der Waals surface area contributed by atoms with Crippen LogP contribution in [0.5, 0.6) is 17.2 Å². The molecule has 26 heavy (non-hydrogen) atoms. The van der Waals surface area contributed by atoms with Gasteiger partial charge in [0.05, 0.1) is 25.8 Å². The van der Waals surface area contributed by atoms with Gasteiger partial charge in [-0.3, -0.25) is 9.59 Å². The van der Waals surface area contributed by atoms with Gasteiger partial charge in [-0.25, -0.2) is 0 Å². The number of benzene rings is 2. The Bertz CT molecular complexity index is 791. The third-order valence-corrected chi connectivity index (χ3v) is 3.79. The van der Waals surface area contributed by atoms with Gasteiger partial charge in [0.2, 0.25) is 0 Å². The average molecular weight is 358 g/mol. The molecular weight excluding hydrogens is 336 g/mol. The summed E-state index contributed by atoms with van der Waals surface area (Å²) in [6.07, 6.45) is 0. The van der Waals surface area contributed by atoms with Crippen LogP contribution in [0.3, 0.4) is 0 Å². The van der Waals surface area contributed by atoms with Crippen molar-refractivity contribution in [2.75, 3.05) is 20.8 Å². The van der Waals surface area contributed by atoms with Gasteiger partial charge in [0.15, 0.2) is 6.61 Å². The Kier molecular flexibility index (Phi) is 6.43. The number of methoxy groups -OCH3 is 2. The molecule has 0 unspecified atom stereocenters. The fraction of sp³-hybridized carbons (Fsp3) is 0.263. The molecule has 0 aliphatic heterocycles. The van der Waals surface area contributed by atoms with Crippen LogP contribution in [-0.2, 0) is 4.79 Å². The molecule has 0 aliphatic rings. The van der Waals surface area contributed by atoms with E-state index >= 15 is 0 Å². The van der Waals surface area contributed by atoms with Crippen LogP contribution in [-0.4, -0.2) is 32.6 Å². The minimum Gasteiger partial charge on any atom is -0.497 e. The molecule has 0 heterocycles. The van der Waals surface area contributed by atoms with Gasteiger partial charge in [-0.15, -0.1) is 0 Å². The lowest BCUT2D eigenvalue weighted by Crippen LogP contribution is -2.31. The van der Waals surface area contributed by atoms with Crippen molar-refractivity contribution in [3.8, 4) is 17.2 Å². The summed E-state index contributed by atoms with van der Waals surface area (Å²) in [5, 5.41) is 2.83. The highest BCUT2D eigenvalue weighted by Crippen LogP contribution is 2.29. The topological polar surface area (TPSA) is 99.9 Å². The predicted octanol–water partition coefficient (Wildman–Crippen LogP) is 2.06. The van der Waals surface area contributed by atoms with Crippen LogP contribution >= 0.6 is 0 Å². The molecule has 0 aliphatic carbocycles. The van der Waals surface area contributed by atoms with Crippen LogP contribution in [0.1, 0.15) is 28.9 Å². The van der Waals surface area contributed by atoms with Crippen molar-refractivity contribution >= 4 is 11.8 Å². The van der Waals surface area contributed by atoms with Gasteiger partial charge in [0.25, 0.3) is 11.8 Å². The van der Waals surface area contributed by atoms with Crippen molar-refractivity contribution in [1.29, 1.82) is 0 Å². The Hall–Kier alpha value is -3.22.